The molecule has 0 aliphatic carbocycles. The Bertz CT molecular complexity index is 450. The van der Waals surface area contributed by atoms with Gasteiger partial charge in [0.1, 0.15) is 0 Å². The number of aliphatic carboxylic acids is 1. The summed E-state index contributed by atoms with van der Waals surface area (Å²) in [5.41, 5.74) is 4.65. The van der Waals surface area contributed by atoms with Gasteiger partial charge in [-0.25, -0.2) is 0 Å². The standard InChI is InChI=1S/C15H23NO2/c1-10-6-7-13(12(3)11(10)2)16-9-15(4,5)8-14(17)18/h6-7,16H,8-9H2,1-5H3,(H,17,18). The summed E-state index contributed by atoms with van der Waals surface area (Å²) in [5, 5.41) is 12.2. The third-order valence-corrected chi connectivity index (χ3v) is 3.45. The molecule has 0 saturated carbocycles. The number of hydrogen-bond donors (Lipinski definition) is 2. The van der Waals surface area contributed by atoms with Crippen molar-refractivity contribution in [1.29, 1.82) is 0 Å². The molecule has 0 atom stereocenters. The normalized spacial score (nSPS) is 11.4. The van der Waals surface area contributed by atoms with Crippen molar-refractivity contribution < 1.29 is 9.90 Å². The summed E-state index contributed by atoms with van der Waals surface area (Å²) in [6.45, 7) is 10.9. The molecule has 0 aliphatic heterocycles. The van der Waals surface area contributed by atoms with E-state index in [0.29, 0.717) is 6.54 Å². The molecule has 3 heteroatoms. The molecule has 0 heterocycles. The average Bonchev–Trinajstić information content (AvgIpc) is 2.23. The Kier molecular flexibility index (Phi) is 4.38. The van der Waals surface area contributed by atoms with Gasteiger partial charge in [-0.05, 0) is 48.9 Å². The van der Waals surface area contributed by atoms with Crippen molar-refractivity contribution in [3.05, 3.63) is 28.8 Å². The van der Waals surface area contributed by atoms with Crippen LogP contribution >= 0.6 is 0 Å². The molecule has 1 aromatic rings. The molecule has 2 N–H and O–H groups in total. The topological polar surface area (TPSA) is 49.3 Å². The number of carboxylic acids is 1. The van der Waals surface area contributed by atoms with Gasteiger partial charge in [0.05, 0.1) is 6.42 Å². The molecule has 0 bridgehead atoms. The van der Waals surface area contributed by atoms with E-state index in [1.54, 1.807) is 0 Å². The van der Waals surface area contributed by atoms with E-state index in [9.17, 15) is 4.79 Å². The van der Waals surface area contributed by atoms with Crippen LogP contribution in [-0.4, -0.2) is 17.6 Å². The first-order valence-corrected chi connectivity index (χ1v) is 6.25. The maximum Gasteiger partial charge on any atom is 0.303 e. The van der Waals surface area contributed by atoms with Crippen molar-refractivity contribution in [2.45, 2.75) is 41.0 Å². The smallest absolute Gasteiger partial charge is 0.303 e. The van der Waals surface area contributed by atoms with Crippen molar-refractivity contribution in [2.75, 3.05) is 11.9 Å². The third kappa shape index (κ3) is 3.76. The van der Waals surface area contributed by atoms with Crippen LogP contribution in [0.25, 0.3) is 0 Å². The molecule has 100 valence electrons. The van der Waals surface area contributed by atoms with Crippen LogP contribution in [0.1, 0.15) is 37.0 Å². The minimum absolute atomic E-state index is 0.171. The van der Waals surface area contributed by atoms with Crippen LogP contribution in [0.15, 0.2) is 12.1 Å². The highest BCUT2D eigenvalue weighted by Gasteiger charge is 2.21. The highest BCUT2D eigenvalue weighted by Crippen LogP contribution is 2.25. The lowest BCUT2D eigenvalue weighted by molar-refractivity contribution is -0.139. The molecule has 18 heavy (non-hydrogen) atoms. The third-order valence-electron chi connectivity index (χ3n) is 3.45. The van der Waals surface area contributed by atoms with E-state index in [4.69, 9.17) is 5.11 Å². The molecule has 0 radical (unpaired) electrons. The molecule has 0 aliphatic rings. The van der Waals surface area contributed by atoms with Gasteiger partial charge in [0.25, 0.3) is 0 Å². The number of hydrogen-bond acceptors (Lipinski definition) is 2. The number of anilines is 1. The lowest BCUT2D eigenvalue weighted by Crippen LogP contribution is -2.26. The van der Waals surface area contributed by atoms with Crippen LogP contribution < -0.4 is 5.32 Å². The van der Waals surface area contributed by atoms with E-state index >= 15 is 0 Å². The van der Waals surface area contributed by atoms with Gasteiger partial charge in [-0.1, -0.05) is 19.9 Å². The molecule has 0 aromatic heterocycles. The Hall–Kier alpha value is -1.51. The SMILES string of the molecule is Cc1ccc(NCC(C)(C)CC(=O)O)c(C)c1C. The van der Waals surface area contributed by atoms with Crippen molar-refractivity contribution in [1.82, 2.24) is 0 Å². The number of carbonyl (C=O) groups is 1. The van der Waals surface area contributed by atoms with Crippen LogP contribution in [0.3, 0.4) is 0 Å². The predicted molar refractivity (Wildman–Crippen MR) is 75.2 cm³/mol. The second-order valence-corrected chi connectivity index (χ2v) is 5.77. The number of aryl methyl sites for hydroxylation is 1. The van der Waals surface area contributed by atoms with Gasteiger partial charge in [-0.15, -0.1) is 0 Å². The Morgan fingerprint density at radius 2 is 1.83 bits per heavy atom. The first-order valence-electron chi connectivity index (χ1n) is 6.25. The summed E-state index contributed by atoms with van der Waals surface area (Å²) in [6.07, 6.45) is 0.171. The first-order chi connectivity index (χ1) is 8.23. The summed E-state index contributed by atoms with van der Waals surface area (Å²) in [4.78, 5) is 10.8. The van der Waals surface area contributed by atoms with Crippen LogP contribution in [0, 0.1) is 26.2 Å². The minimum Gasteiger partial charge on any atom is -0.481 e. The van der Waals surface area contributed by atoms with Crippen LogP contribution in [0.5, 0.6) is 0 Å². The zero-order chi connectivity index (χ0) is 13.9. The van der Waals surface area contributed by atoms with Gasteiger partial charge in [-0.3, -0.25) is 4.79 Å². The van der Waals surface area contributed by atoms with Crippen molar-refractivity contribution in [2.24, 2.45) is 5.41 Å². The quantitative estimate of drug-likeness (QED) is 0.839. The zero-order valence-corrected chi connectivity index (χ0v) is 11.9. The van der Waals surface area contributed by atoms with Gasteiger partial charge in [0.15, 0.2) is 0 Å². The Morgan fingerprint density at radius 1 is 1.22 bits per heavy atom. The van der Waals surface area contributed by atoms with Gasteiger partial charge in [0, 0.05) is 12.2 Å². The number of rotatable bonds is 5. The molecule has 1 rings (SSSR count). The number of nitrogens with one attached hydrogen (secondary N) is 1. The Morgan fingerprint density at radius 3 is 2.39 bits per heavy atom. The van der Waals surface area contributed by atoms with Crippen molar-refractivity contribution in [3.63, 3.8) is 0 Å². The fourth-order valence-corrected chi connectivity index (χ4v) is 1.95. The second kappa shape index (κ2) is 5.42. The highest BCUT2D eigenvalue weighted by atomic mass is 16.4. The molecule has 0 fully saturated rings. The second-order valence-electron chi connectivity index (χ2n) is 5.77. The Labute approximate surface area is 109 Å². The molecule has 0 saturated heterocycles. The lowest BCUT2D eigenvalue weighted by atomic mass is 9.89. The summed E-state index contributed by atoms with van der Waals surface area (Å²) >= 11 is 0. The summed E-state index contributed by atoms with van der Waals surface area (Å²) in [5.74, 6) is -0.751. The largest absolute Gasteiger partial charge is 0.481 e. The van der Waals surface area contributed by atoms with Gasteiger partial charge >= 0.3 is 5.97 Å². The van der Waals surface area contributed by atoms with Crippen molar-refractivity contribution >= 4 is 11.7 Å². The maximum absolute atomic E-state index is 10.8. The fourth-order valence-electron chi connectivity index (χ4n) is 1.95. The summed E-state index contributed by atoms with van der Waals surface area (Å²) in [7, 11) is 0. The minimum atomic E-state index is -0.751. The van der Waals surface area contributed by atoms with Gasteiger partial charge in [0.2, 0.25) is 0 Å². The molecule has 0 unspecified atom stereocenters. The summed E-state index contributed by atoms with van der Waals surface area (Å²) < 4.78 is 0. The van der Waals surface area contributed by atoms with E-state index in [-0.39, 0.29) is 11.8 Å². The molecular weight excluding hydrogens is 226 g/mol. The number of carboxylic acid groups (broad SMARTS) is 1. The average molecular weight is 249 g/mol. The van der Waals surface area contributed by atoms with Crippen molar-refractivity contribution in [3.8, 4) is 0 Å². The maximum atomic E-state index is 10.8. The van der Waals surface area contributed by atoms with E-state index < -0.39 is 5.97 Å². The van der Waals surface area contributed by atoms with Gasteiger partial charge < -0.3 is 10.4 Å². The van der Waals surface area contributed by atoms with Crippen LogP contribution in [-0.2, 0) is 4.79 Å². The van der Waals surface area contributed by atoms with E-state index in [1.807, 2.05) is 13.8 Å². The van der Waals surface area contributed by atoms with Crippen LogP contribution in [0.2, 0.25) is 0 Å². The molecule has 3 nitrogen and oxygen atoms in total. The zero-order valence-electron chi connectivity index (χ0n) is 11.9. The highest BCUT2D eigenvalue weighted by molar-refractivity contribution is 5.67. The summed E-state index contributed by atoms with van der Waals surface area (Å²) in [6, 6.07) is 4.16. The first kappa shape index (κ1) is 14.6. The monoisotopic (exact) mass is 249 g/mol. The predicted octanol–water partition coefficient (Wildman–Crippen LogP) is 3.52. The molecule has 0 amide bonds. The van der Waals surface area contributed by atoms with E-state index in [2.05, 4.69) is 38.2 Å². The lowest BCUT2D eigenvalue weighted by Gasteiger charge is -2.24. The van der Waals surface area contributed by atoms with E-state index in [1.165, 1.54) is 16.7 Å². The molecular formula is C15H23NO2. The van der Waals surface area contributed by atoms with E-state index in [0.717, 1.165) is 5.69 Å². The molecule has 1 aromatic carbocycles. The Balaban J connectivity index is 2.75. The van der Waals surface area contributed by atoms with Crippen LogP contribution in [0.4, 0.5) is 5.69 Å². The van der Waals surface area contributed by atoms with Gasteiger partial charge in [-0.2, -0.15) is 0 Å². The molecule has 0 spiro atoms. The fraction of sp³-hybridized carbons (Fsp3) is 0.533. The number of benzene rings is 1.